The molecule has 7 nitrogen and oxygen atoms in total. The summed E-state index contributed by atoms with van der Waals surface area (Å²) in [5, 5.41) is 7.21. The van der Waals surface area contributed by atoms with Gasteiger partial charge in [-0.1, -0.05) is 24.3 Å². The molecule has 0 radical (unpaired) electrons. The zero-order valence-electron chi connectivity index (χ0n) is 23.0. The summed E-state index contributed by atoms with van der Waals surface area (Å²) in [7, 11) is 0. The third-order valence-electron chi connectivity index (χ3n) is 7.43. The average Bonchev–Trinajstić information content (AvgIpc) is 3.40. The number of aromatic nitrogens is 3. The normalized spacial score (nSPS) is 16.8. The second-order valence-electron chi connectivity index (χ2n) is 10.2. The van der Waals surface area contributed by atoms with Crippen molar-refractivity contribution < 1.29 is 4.79 Å². The number of pyridine rings is 2. The standard InChI is InChI=1S/C31H34N6OS/c1-19-11-12-20(2)26(17-19)34-27(38)13-16-36-29(28(35-31(36)39)25-10-6-7-14-32-25)24-18-22(4)37(23(24)5)30-21(3)9-8-15-33-30/h6-12,14-15,17-18,28-29H,13,16H2,1-5H3,(H,34,38)(H,35,39)/t28-,29-/m1/s1. The lowest BCUT2D eigenvalue weighted by molar-refractivity contribution is -0.116. The number of anilines is 1. The van der Waals surface area contributed by atoms with Gasteiger partial charge in [0.1, 0.15) is 5.82 Å². The number of rotatable bonds is 7. The SMILES string of the molecule is Cc1ccc(C)c(NC(=O)CCN2C(=S)N[C@H](c3ccccn3)[C@H]2c2cc(C)n(-c3ncccc3C)c2C)c1. The van der Waals surface area contributed by atoms with Crippen molar-refractivity contribution in [1.29, 1.82) is 0 Å². The topological polar surface area (TPSA) is 75.1 Å². The predicted octanol–water partition coefficient (Wildman–Crippen LogP) is 5.81. The maximum Gasteiger partial charge on any atom is 0.226 e. The first kappa shape index (κ1) is 26.6. The van der Waals surface area contributed by atoms with E-state index in [-0.39, 0.29) is 18.0 Å². The summed E-state index contributed by atoms with van der Waals surface area (Å²) in [6.45, 7) is 10.8. The van der Waals surface area contributed by atoms with Crippen LogP contribution in [0.5, 0.6) is 0 Å². The van der Waals surface area contributed by atoms with Gasteiger partial charge in [-0.25, -0.2) is 4.98 Å². The lowest BCUT2D eigenvalue weighted by Gasteiger charge is -2.28. The molecule has 39 heavy (non-hydrogen) atoms. The Kier molecular flexibility index (Phi) is 7.48. The number of carbonyl (C=O) groups excluding carboxylic acids is 1. The van der Waals surface area contributed by atoms with E-state index in [0.29, 0.717) is 18.1 Å². The van der Waals surface area contributed by atoms with Crippen LogP contribution in [0.4, 0.5) is 5.69 Å². The summed E-state index contributed by atoms with van der Waals surface area (Å²) in [4.78, 5) is 24.5. The number of carbonyl (C=O) groups is 1. The molecule has 2 atom stereocenters. The van der Waals surface area contributed by atoms with E-state index in [1.54, 1.807) is 6.20 Å². The molecule has 0 bridgehead atoms. The van der Waals surface area contributed by atoms with Gasteiger partial charge in [-0.15, -0.1) is 0 Å². The molecule has 5 rings (SSSR count). The second kappa shape index (κ2) is 11.0. The predicted molar refractivity (Wildman–Crippen MR) is 159 cm³/mol. The van der Waals surface area contributed by atoms with Crippen LogP contribution in [0.3, 0.4) is 0 Å². The van der Waals surface area contributed by atoms with Crippen molar-refractivity contribution in [1.82, 2.24) is 24.8 Å². The monoisotopic (exact) mass is 538 g/mol. The summed E-state index contributed by atoms with van der Waals surface area (Å²) in [6.07, 6.45) is 3.93. The summed E-state index contributed by atoms with van der Waals surface area (Å²) < 4.78 is 2.20. The molecule has 0 saturated carbocycles. The first-order chi connectivity index (χ1) is 18.7. The van der Waals surface area contributed by atoms with Gasteiger partial charge in [0.25, 0.3) is 0 Å². The van der Waals surface area contributed by atoms with Crippen LogP contribution in [-0.2, 0) is 4.79 Å². The van der Waals surface area contributed by atoms with E-state index in [2.05, 4.69) is 63.0 Å². The molecule has 8 heteroatoms. The molecule has 1 saturated heterocycles. The molecule has 2 N–H and O–H groups in total. The Morgan fingerprint density at radius 1 is 0.974 bits per heavy atom. The van der Waals surface area contributed by atoms with E-state index >= 15 is 0 Å². The van der Waals surface area contributed by atoms with Crippen molar-refractivity contribution in [2.45, 2.75) is 53.1 Å². The number of nitrogens with zero attached hydrogens (tertiary/aromatic N) is 4. The van der Waals surface area contributed by atoms with Crippen LogP contribution in [0, 0.1) is 34.6 Å². The highest BCUT2D eigenvalue weighted by molar-refractivity contribution is 7.80. The number of amides is 1. The zero-order chi connectivity index (χ0) is 27.7. The van der Waals surface area contributed by atoms with E-state index in [1.807, 2.05) is 62.5 Å². The third kappa shape index (κ3) is 5.29. The summed E-state index contributed by atoms with van der Waals surface area (Å²) in [5.74, 6) is 0.877. The van der Waals surface area contributed by atoms with Gasteiger partial charge in [-0.05, 0) is 99.4 Å². The van der Waals surface area contributed by atoms with E-state index < -0.39 is 0 Å². The molecule has 1 amide bonds. The van der Waals surface area contributed by atoms with Crippen molar-refractivity contribution in [3.05, 3.63) is 106 Å². The fraction of sp³-hybridized carbons (Fsp3) is 0.290. The molecule has 1 fully saturated rings. The van der Waals surface area contributed by atoms with Gasteiger partial charge in [-0.2, -0.15) is 0 Å². The summed E-state index contributed by atoms with van der Waals surface area (Å²) >= 11 is 5.85. The van der Waals surface area contributed by atoms with Crippen molar-refractivity contribution >= 4 is 28.9 Å². The average molecular weight is 539 g/mol. The first-order valence-corrected chi connectivity index (χ1v) is 13.6. The smallest absolute Gasteiger partial charge is 0.226 e. The van der Waals surface area contributed by atoms with Crippen LogP contribution in [0.15, 0.2) is 67.0 Å². The quantitative estimate of drug-likeness (QED) is 0.289. The molecular formula is C31H34N6OS. The maximum absolute atomic E-state index is 13.1. The minimum Gasteiger partial charge on any atom is -0.352 e. The first-order valence-electron chi connectivity index (χ1n) is 13.2. The van der Waals surface area contributed by atoms with Gasteiger partial charge in [0.2, 0.25) is 5.91 Å². The summed E-state index contributed by atoms with van der Waals surface area (Å²) in [6, 6.07) is 18.0. The molecule has 0 spiro atoms. The van der Waals surface area contributed by atoms with Crippen LogP contribution in [0.25, 0.3) is 5.82 Å². The number of nitrogens with one attached hydrogen (secondary N) is 2. The van der Waals surface area contributed by atoms with Crippen molar-refractivity contribution in [2.24, 2.45) is 0 Å². The summed E-state index contributed by atoms with van der Waals surface area (Å²) in [5.41, 5.74) is 8.33. The van der Waals surface area contributed by atoms with Gasteiger partial charge in [0.15, 0.2) is 5.11 Å². The molecule has 0 aliphatic carbocycles. The Labute approximate surface area is 235 Å². The molecule has 1 aromatic carbocycles. The Hall–Kier alpha value is -4.04. The van der Waals surface area contributed by atoms with Gasteiger partial charge < -0.3 is 20.1 Å². The van der Waals surface area contributed by atoms with Crippen LogP contribution in [0.2, 0.25) is 0 Å². The van der Waals surface area contributed by atoms with Crippen molar-refractivity contribution in [3.63, 3.8) is 0 Å². The molecule has 1 aliphatic heterocycles. The van der Waals surface area contributed by atoms with E-state index in [4.69, 9.17) is 12.2 Å². The number of benzene rings is 1. The molecule has 3 aromatic heterocycles. The Morgan fingerprint density at radius 2 is 1.77 bits per heavy atom. The third-order valence-corrected chi connectivity index (χ3v) is 7.78. The maximum atomic E-state index is 13.1. The fourth-order valence-corrected chi connectivity index (χ4v) is 5.75. The van der Waals surface area contributed by atoms with Gasteiger partial charge >= 0.3 is 0 Å². The van der Waals surface area contributed by atoms with Gasteiger partial charge in [-0.3, -0.25) is 9.78 Å². The molecule has 0 unspecified atom stereocenters. The van der Waals surface area contributed by atoms with Crippen LogP contribution < -0.4 is 10.6 Å². The second-order valence-corrected chi connectivity index (χ2v) is 10.6. The van der Waals surface area contributed by atoms with E-state index in [0.717, 1.165) is 50.8 Å². The Bertz CT molecular complexity index is 1530. The molecular weight excluding hydrogens is 504 g/mol. The number of aryl methyl sites for hydroxylation is 4. The zero-order valence-corrected chi connectivity index (χ0v) is 23.8. The molecule has 4 heterocycles. The fourth-order valence-electron chi connectivity index (χ4n) is 5.41. The lowest BCUT2D eigenvalue weighted by atomic mass is 9.96. The minimum atomic E-state index is -0.153. The van der Waals surface area contributed by atoms with Crippen LogP contribution in [0.1, 0.15) is 57.8 Å². The van der Waals surface area contributed by atoms with Crippen molar-refractivity contribution in [2.75, 3.05) is 11.9 Å². The largest absolute Gasteiger partial charge is 0.352 e. The van der Waals surface area contributed by atoms with Crippen LogP contribution >= 0.6 is 12.2 Å². The molecule has 1 aliphatic rings. The Balaban J connectivity index is 1.48. The number of hydrogen-bond donors (Lipinski definition) is 2. The number of hydrogen-bond acceptors (Lipinski definition) is 4. The highest BCUT2D eigenvalue weighted by Gasteiger charge is 2.41. The number of thiocarbonyl (C=S) groups is 1. The van der Waals surface area contributed by atoms with E-state index in [1.165, 1.54) is 0 Å². The minimum absolute atomic E-state index is 0.0406. The van der Waals surface area contributed by atoms with Gasteiger partial charge in [0.05, 0.1) is 17.8 Å². The van der Waals surface area contributed by atoms with Crippen LogP contribution in [-0.4, -0.2) is 37.0 Å². The highest BCUT2D eigenvalue weighted by Crippen LogP contribution is 2.41. The molecule has 4 aromatic rings. The highest BCUT2D eigenvalue weighted by atomic mass is 32.1. The van der Waals surface area contributed by atoms with Crippen molar-refractivity contribution in [3.8, 4) is 5.82 Å². The Morgan fingerprint density at radius 3 is 2.51 bits per heavy atom. The lowest BCUT2D eigenvalue weighted by Crippen LogP contribution is -2.33. The van der Waals surface area contributed by atoms with E-state index in [9.17, 15) is 4.79 Å². The van der Waals surface area contributed by atoms with Gasteiger partial charge in [0, 0.05) is 42.4 Å². The molecule has 200 valence electrons.